The molecule has 7 nitrogen and oxygen atoms in total. The van der Waals surface area contributed by atoms with E-state index in [0.29, 0.717) is 38.9 Å². The van der Waals surface area contributed by atoms with Crippen molar-refractivity contribution in [3.63, 3.8) is 0 Å². The highest BCUT2D eigenvalue weighted by Gasteiger charge is 2.38. The van der Waals surface area contributed by atoms with Gasteiger partial charge in [0.05, 0.1) is 11.6 Å². The van der Waals surface area contributed by atoms with Crippen LogP contribution in [0, 0.1) is 0 Å². The molecule has 2 aliphatic heterocycles. The number of benzene rings is 1. The Kier molecular flexibility index (Phi) is 7.78. The molecule has 3 heterocycles. The summed E-state index contributed by atoms with van der Waals surface area (Å²) in [5, 5.41) is 9.87. The van der Waals surface area contributed by atoms with Crippen molar-refractivity contribution in [2.24, 2.45) is 0 Å². The van der Waals surface area contributed by atoms with Gasteiger partial charge in [-0.25, -0.2) is 14.8 Å². The lowest BCUT2D eigenvalue weighted by atomic mass is 9.98. The minimum atomic E-state index is -4.52. The first-order chi connectivity index (χ1) is 15.5. The first-order valence-electron chi connectivity index (χ1n) is 10.9. The molecule has 0 radical (unpaired) electrons. The van der Waals surface area contributed by atoms with Crippen molar-refractivity contribution in [1.82, 2.24) is 14.9 Å². The Bertz CT molecular complexity index is 879. The van der Waals surface area contributed by atoms with E-state index in [1.54, 1.807) is 23.6 Å². The number of hydrogen-bond acceptors (Lipinski definition) is 6. The van der Waals surface area contributed by atoms with Crippen molar-refractivity contribution >= 4 is 12.0 Å². The quantitative estimate of drug-likeness (QED) is 0.730. The summed E-state index contributed by atoms with van der Waals surface area (Å²) in [4.78, 5) is 23.1. The third kappa shape index (κ3) is 7.31. The van der Waals surface area contributed by atoms with Crippen LogP contribution in [0.15, 0.2) is 48.7 Å². The van der Waals surface area contributed by atoms with Crippen LogP contribution in [0.3, 0.4) is 0 Å². The van der Waals surface area contributed by atoms with Crippen molar-refractivity contribution in [1.29, 1.82) is 0 Å². The minimum absolute atomic E-state index is 0.0117. The van der Waals surface area contributed by atoms with Crippen LogP contribution in [0.4, 0.5) is 23.9 Å². The van der Waals surface area contributed by atoms with Gasteiger partial charge in [0.2, 0.25) is 5.95 Å². The Morgan fingerprint density at radius 1 is 1.09 bits per heavy atom. The number of amides is 1. The van der Waals surface area contributed by atoms with Crippen molar-refractivity contribution in [2.45, 2.75) is 57.0 Å². The van der Waals surface area contributed by atoms with Gasteiger partial charge in [0.25, 0.3) is 0 Å². The lowest BCUT2D eigenvalue weighted by molar-refractivity contribution is -0.141. The standard InChI is InChI=1S/C17H23F3N4O3.C6H6/c1-16(2,26)9-12-5-8-24(15(25)27-12)11-4-7-23(10-11)14-21-6-3-13(22-14)17(18,19)20;1-2-4-6-5-3-1/h3,6,11-12,26H,4-5,7-10H2,1-2H3;1-6H. The van der Waals surface area contributed by atoms with Gasteiger partial charge in [0, 0.05) is 38.7 Å². The predicted molar refractivity (Wildman–Crippen MR) is 117 cm³/mol. The minimum Gasteiger partial charge on any atom is -0.446 e. The van der Waals surface area contributed by atoms with Crippen LogP contribution in [-0.4, -0.2) is 63.4 Å². The predicted octanol–water partition coefficient (Wildman–Crippen LogP) is 4.13. The smallest absolute Gasteiger partial charge is 0.433 e. The summed E-state index contributed by atoms with van der Waals surface area (Å²) >= 11 is 0. The maximum Gasteiger partial charge on any atom is 0.433 e. The van der Waals surface area contributed by atoms with Gasteiger partial charge in [-0.1, -0.05) is 36.4 Å². The zero-order valence-corrected chi connectivity index (χ0v) is 18.7. The van der Waals surface area contributed by atoms with Gasteiger partial charge in [-0.3, -0.25) is 0 Å². The average molecular weight is 467 g/mol. The lowest BCUT2D eigenvalue weighted by Crippen LogP contribution is -2.49. The van der Waals surface area contributed by atoms with E-state index in [1.807, 2.05) is 36.4 Å². The maximum atomic E-state index is 12.8. The average Bonchev–Trinajstić information content (AvgIpc) is 3.24. The Morgan fingerprint density at radius 2 is 1.73 bits per heavy atom. The molecule has 180 valence electrons. The summed E-state index contributed by atoms with van der Waals surface area (Å²) in [6, 6.07) is 12.7. The number of carbonyl (C=O) groups is 1. The second kappa shape index (κ2) is 10.4. The van der Waals surface area contributed by atoms with E-state index in [2.05, 4.69) is 9.97 Å². The molecule has 1 aromatic carbocycles. The lowest BCUT2D eigenvalue weighted by Gasteiger charge is -2.37. The fraction of sp³-hybridized carbons (Fsp3) is 0.522. The van der Waals surface area contributed by atoms with Crippen molar-refractivity contribution < 1.29 is 27.8 Å². The molecule has 1 aromatic heterocycles. The fourth-order valence-corrected chi connectivity index (χ4v) is 3.90. The van der Waals surface area contributed by atoms with Gasteiger partial charge in [0.1, 0.15) is 11.8 Å². The molecule has 2 fully saturated rings. The Morgan fingerprint density at radius 3 is 2.27 bits per heavy atom. The number of aromatic nitrogens is 2. The summed E-state index contributed by atoms with van der Waals surface area (Å²) in [6.45, 7) is 4.63. The number of hydrogen-bond donors (Lipinski definition) is 1. The number of halogens is 3. The van der Waals surface area contributed by atoms with Crippen molar-refractivity contribution in [2.75, 3.05) is 24.5 Å². The van der Waals surface area contributed by atoms with Crippen LogP contribution in [0.1, 0.15) is 38.8 Å². The van der Waals surface area contributed by atoms with Crippen LogP contribution in [0.25, 0.3) is 0 Å². The molecule has 0 bridgehead atoms. The molecular formula is C23H29F3N4O3. The molecule has 0 saturated carbocycles. The summed E-state index contributed by atoms with van der Waals surface area (Å²) in [7, 11) is 0. The molecule has 1 N–H and O–H groups in total. The number of ether oxygens (including phenoxy) is 1. The van der Waals surface area contributed by atoms with Gasteiger partial charge < -0.3 is 19.6 Å². The topological polar surface area (TPSA) is 78.8 Å². The molecular weight excluding hydrogens is 437 g/mol. The Labute approximate surface area is 191 Å². The molecule has 2 atom stereocenters. The van der Waals surface area contributed by atoms with E-state index in [-0.39, 0.29) is 18.1 Å². The van der Waals surface area contributed by atoms with E-state index in [9.17, 15) is 23.1 Å². The molecule has 2 unspecified atom stereocenters. The number of alkyl halides is 3. The number of carbonyl (C=O) groups excluding carboxylic acids is 1. The largest absolute Gasteiger partial charge is 0.446 e. The van der Waals surface area contributed by atoms with E-state index in [4.69, 9.17) is 4.74 Å². The first-order valence-corrected chi connectivity index (χ1v) is 10.9. The second-order valence-electron chi connectivity index (χ2n) is 8.79. The van der Waals surface area contributed by atoms with Gasteiger partial charge in [0.15, 0.2) is 0 Å². The van der Waals surface area contributed by atoms with Gasteiger partial charge in [-0.05, 0) is 26.3 Å². The summed E-state index contributed by atoms with van der Waals surface area (Å²) in [6.07, 6.45) is -2.65. The van der Waals surface area contributed by atoms with Crippen LogP contribution >= 0.6 is 0 Å². The van der Waals surface area contributed by atoms with Crippen LogP contribution in [-0.2, 0) is 10.9 Å². The van der Waals surface area contributed by atoms with E-state index in [1.165, 1.54) is 0 Å². The molecule has 4 rings (SSSR count). The van der Waals surface area contributed by atoms with E-state index >= 15 is 0 Å². The van der Waals surface area contributed by atoms with Crippen molar-refractivity contribution in [3.05, 3.63) is 54.4 Å². The zero-order valence-electron chi connectivity index (χ0n) is 18.7. The summed E-state index contributed by atoms with van der Waals surface area (Å²) in [5.41, 5.74) is -1.90. The van der Waals surface area contributed by atoms with Gasteiger partial charge in [-0.2, -0.15) is 13.2 Å². The Hall–Kier alpha value is -2.88. The number of nitrogens with zero attached hydrogens (tertiary/aromatic N) is 4. The number of anilines is 1. The molecule has 33 heavy (non-hydrogen) atoms. The SMILES string of the molecule is CC(C)(O)CC1CCN(C2CCN(c3nccc(C(F)(F)F)n3)C2)C(=O)O1.c1ccccc1. The highest BCUT2D eigenvalue weighted by atomic mass is 19.4. The maximum absolute atomic E-state index is 12.8. The van der Waals surface area contributed by atoms with Crippen LogP contribution < -0.4 is 4.90 Å². The molecule has 2 aromatic rings. The van der Waals surface area contributed by atoms with E-state index in [0.717, 1.165) is 12.3 Å². The third-order valence-electron chi connectivity index (χ3n) is 5.41. The summed E-state index contributed by atoms with van der Waals surface area (Å²) in [5.74, 6) is 0.0117. The van der Waals surface area contributed by atoms with Gasteiger partial charge >= 0.3 is 12.3 Å². The molecule has 0 aliphatic carbocycles. The van der Waals surface area contributed by atoms with Crippen molar-refractivity contribution in [3.8, 4) is 0 Å². The highest BCUT2D eigenvalue weighted by Crippen LogP contribution is 2.30. The van der Waals surface area contributed by atoms with Crippen LogP contribution in [0.5, 0.6) is 0 Å². The number of rotatable bonds is 4. The molecule has 2 saturated heterocycles. The normalized spacial score (nSPS) is 21.3. The molecule has 2 aliphatic rings. The second-order valence-corrected chi connectivity index (χ2v) is 8.79. The highest BCUT2D eigenvalue weighted by molar-refractivity contribution is 5.69. The monoisotopic (exact) mass is 466 g/mol. The number of cyclic esters (lactones) is 1. The third-order valence-corrected chi connectivity index (χ3v) is 5.41. The van der Waals surface area contributed by atoms with Gasteiger partial charge in [-0.15, -0.1) is 0 Å². The fourth-order valence-electron chi connectivity index (χ4n) is 3.90. The molecule has 1 amide bonds. The number of aliphatic hydroxyl groups is 1. The molecule has 10 heteroatoms. The molecule has 0 spiro atoms. The first kappa shape index (κ1) is 24.8. The zero-order chi connectivity index (χ0) is 24.1. The van der Waals surface area contributed by atoms with Crippen LogP contribution in [0.2, 0.25) is 0 Å². The summed E-state index contributed by atoms with van der Waals surface area (Å²) < 4.78 is 43.9. The Balaban J connectivity index is 0.000000442. The van der Waals surface area contributed by atoms with E-state index < -0.39 is 23.6 Å².